The first-order valence-electron chi connectivity index (χ1n) is 6.16. The van der Waals surface area contributed by atoms with E-state index in [-0.39, 0.29) is 11.4 Å². The lowest BCUT2D eigenvalue weighted by Crippen LogP contribution is -2.00. The number of hydrogen-bond donors (Lipinski definition) is 1. The summed E-state index contributed by atoms with van der Waals surface area (Å²) in [6.45, 7) is 4.00. The molecule has 2 aromatic rings. The van der Waals surface area contributed by atoms with E-state index in [9.17, 15) is 14.9 Å². The lowest BCUT2D eigenvalue weighted by molar-refractivity contribution is -0.384. The molecule has 1 N–H and O–H groups in total. The summed E-state index contributed by atoms with van der Waals surface area (Å²) >= 11 is 1.26. The molecule has 1 aromatic carbocycles. The molecule has 0 spiro atoms. The molecule has 21 heavy (non-hydrogen) atoms. The van der Waals surface area contributed by atoms with Crippen LogP contribution in [0.2, 0.25) is 0 Å². The minimum Gasteiger partial charge on any atom is -0.464 e. The number of nitro benzene ring substituents is 1. The Balaban J connectivity index is 0.00000106. The van der Waals surface area contributed by atoms with Gasteiger partial charge in [-0.2, -0.15) is 0 Å². The standard InChI is InChI=1S/C11H9N3O4S.C2H6/c1-18-10(15)9-6-12-11(13-9)19-8-4-2-7(3-5-8)14(16)17;1-2/h2-6H,1H3,(H,12,13);1-2H3. The summed E-state index contributed by atoms with van der Waals surface area (Å²) in [5, 5.41) is 11.0. The third kappa shape index (κ3) is 4.60. The molecular formula is C13H15N3O4S. The molecule has 0 radical (unpaired) electrons. The predicted octanol–water partition coefficient (Wildman–Crippen LogP) is 3.28. The van der Waals surface area contributed by atoms with Crippen molar-refractivity contribution in [3.8, 4) is 0 Å². The zero-order valence-electron chi connectivity index (χ0n) is 11.8. The number of rotatable bonds is 4. The summed E-state index contributed by atoms with van der Waals surface area (Å²) in [4.78, 5) is 28.8. The number of benzene rings is 1. The van der Waals surface area contributed by atoms with Crippen LogP contribution in [0.1, 0.15) is 24.3 Å². The molecular weight excluding hydrogens is 294 g/mol. The number of nitro groups is 1. The molecule has 0 atom stereocenters. The molecule has 0 saturated heterocycles. The summed E-state index contributed by atoms with van der Waals surface area (Å²) in [5.41, 5.74) is 0.283. The average molecular weight is 309 g/mol. The Hall–Kier alpha value is -2.35. The van der Waals surface area contributed by atoms with Gasteiger partial charge in [0.15, 0.2) is 5.16 Å². The van der Waals surface area contributed by atoms with Crippen LogP contribution in [0.3, 0.4) is 0 Å². The minimum absolute atomic E-state index is 0.0269. The van der Waals surface area contributed by atoms with Crippen LogP contribution in [0.5, 0.6) is 0 Å². The summed E-state index contributed by atoms with van der Waals surface area (Å²) in [6.07, 6.45) is 1.37. The zero-order valence-corrected chi connectivity index (χ0v) is 12.6. The number of nitrogens with one attached hydrogen (secondary N) is 1. The molecule has 0 amide bonds. The number of H-pyrrole nitrogens is 1. The number of non-ortho nitro benzene ring substituents is 1. The van der Waals surface area contributed by atoms with Gasteiger partial charge in [-0.1, -0.05) is 25.6 Å². The second-order valence-electron chi connectivity index (χ2n) is 3.45. The second-order valence-corrected chi connectivity index (χ2v) is 4.51. The maximum absolute atomic E-state index is 11.2. The summed E-state index contributed by atoms with van der Waals surface area (Å²) in [5.74, 6) is -0.497. The van der Waals surface area contributed by atoms with E-state index in [0.717, 1.165) is 4.90 Å². The van der Waals surface area contributed by atoms with E-state index >= 15 is 0 Å². The smallest absolute Gasteiger partial charge is 0.356 e. The van der Waals surface area contributed by atoms with Crippen LogP contribution < -0.4 is 0 Å². The van der Waals surface area contributed by atoms with Gasteiger partial charge in [0.1, 0.15) is 5.69 Å². The summed E-state index contributed by atoms with van der Waals surface area (Å²) in [6, 6.07) is 6.05. The van der Waals surface area contributed by atoms with E-state index in [1.807, 2.05) is 13.8 Å². The highest BCUT2D eigenvalue weighted by Gasteiger charge is 2.11. The van der Waals surface area contributed by atoms with Crippen molar-refractivity contribution in [3.63, 3.8) is 0 Å². The Labute approximate surface area is 125 Å². The maximum atomic E-state index is 11.2. The molecule has 0 bridgehead atoms. The molecule has 1 heterocycles. The first kappa shape index (κ1) is 16.7. The molecule has 8 heteroatoms. The SMILES string of the molecule is CC.COC(=O)c1cnc(Sc2ccc([N+](=O)[O-])cc2)[nH]1. The molecule has 0 unspecified atom stereocenters. The van der Waals surface area contributed by atoms with Gasteiger partial charge >= 0.3 is 5.97 Å². The highest BCUT2D eigenvalue weighted by atomic mass is 32.2. The molecule has 0 saturated carbocycles. The van der Waals surface area contributed by atoms with E-state index in [0.29, 0.717) is 5.16 Å². The summed E-state index contributed by atoms with van der Waals surface area (Å²) < 4.78 is 4.55. The topological polar surface area (TPSA) is 98.1 Å². The Morgan fingerprint density at radius 1 is 1.33 bits per heavy atom. The fourth-order valence-electron chi connectivity index (χ4n) is 1.32. The van der Waals surface area contributed by atoms with Crippen molar-refractivity contribution in [3.05, 3.63) is 46.3 Å². The number of carbonyl (C=O) groups excluding carboxylic acids is 1. The van der Waals surface area contributed by atoms with Crippen LogP contribution in [-0.4, -0.2) is 28.0 Å². The lowest BCUT2D eigenvalue weighted by Gasteiger charge is -1.97. The van der Waals surface area contributed by atoms with Crippen molar-refractivity contribution in [2.45, 2.75) is 23.9 Å². The molecule has 0 aliphatic rings. The van der Waals surface area contributed by atoms with Gasteiger partial charge in [0.25, 0.3) is 5.69 Å². The lowest BCUT2D eigenvalue weighted by atomic mass is 10.3. The van der Waals surface area contributed by atoms with E-state index < -0.39 is 10.9 Å². The number of hydrogen-bond acceptors (Lipinski definition) is 6. The van der Waals surface area contributed by atoms with Gasteiger partial charge < -0.3 is 9.72 Å². The van der Waals surface area contributed by atoms with Crippen LogP contribution in [0.15, 0.2) is 40.5 Å². The highest BCUT2D eigenvalue weighted by Crippen LogP contribution is 2.26. The monoisotopic (exact) mass is 309 g/mol. The van der Waals surface area contributed by atoms with Gasteiger partial charge in [-0.05, 0) is 12.1 Å². The van der Waals surface area contributed by atoms with Crippen LogP contribution in [-0.2, 0) is 4.74 Å². The fraction of sp³-hybridized carbons (Fsp3) is 0.231. The minimum atomic E-state index is -0.497. The largest absolute Gasteiger partial charge is 0.464 e. The fourth-order valence-corrected chi connectivity index (χ4v) is 2.08. The van der Waals surface area contributed by atoms with Gasteiger partial charge in [-0.3, -0.25) is 10.1 Å². The van der Waals surface area contributed by atoms with E-state index in [4.69, 9.17) is 0 Å². The van der Waals surface area contributed by atoms with Crippen molar-refractivity contribution in [2.24, 2.45) is 0 Å². The first-order chi connectivity index (χ1) is 10.1. The number of methoxy groups -OCH3 is 1. The Morgan fingerprint density at radius 2 is 1.95 bits per heavy atom. The Bertz CT molecular complexity index is 610. The predicted molar refractivity (Wildman–Crippen MR) is 78.5 cm³/mol. The molecule has 0 aliphatic carbocycles. The van der Waals surface area contributed by atoms with Gasteiger partial charge in [0.2, 0.25) is 0 Å². The zero-order chi connectivity index (χ0) is 15.8. The van der Waals surface area contributed by atoms with Crippen molar-refractivity contribution < 1.29 is 14.5 Å². The van der Waals surface area contributed by atoms with Crippen molar-refractivity contribution >= 4 is 23.4 Å². The van der Waals surface area contributed by atoms with E-state index in [1.165, 1.54) is 37.2 Å². The number of nitrogens with zero attached hydrogens (tertiary/aromatic N) is 2. The molecule has 0 fully saturated rings. The number of carbonyl (C=O) groups is 1. The number of imidazole rings is 1. The average Bonchev–Trinajstić information content (AvgIpc) is 2.97. The quantitative estimate of drug-likeness (QED) is 0.528. The number of aromatic amines is 1. The second kappa shape index (κ2) is 8.05. The van der Waals surface area contributed by atoms with Crippen LogP contribution in [0.4, 0.5) is 5.69 Å². The van der Waals surface area contributed by atoms with E-state index in [1.54, 1.807) is 12.1 Å². The molecule has 0 aliphatic heterocycles. The van der Waals surface area contributed by atoms with Gasteiger partial charge in [-0.15, -0.1) is 0 Å². The van der Waals surface area contributed by atoms with E-state index in [2.05, 4.69) is 14.7 Å². The number of esters is 1. The maximum Gasteiger partial charge on any atom is 0.356 e. The van der Waals surface area contributed by atoms with Gasteiger partial charge in [0.05, 0.1) is 18.2 Å². The number of aromatic nitrogens is 2. The van der Waals surface area contributed by atoms with Gasteiger partial charge in [0, 0.05) is 17.0 Å². The highest BCUT2D eigenvalue weighted by molar-refractivity contribution is 7.99. The van der Waals surface area contributed by atoms with Crippen molar-refractivity contribution in [2.75, 3.05) is 7.11 Å². The van der Waals surface area contributed by atoms with Crippen molar-refractivity contribution in [1.82, 2.24) is 9.97 Å². The normalized spacial score (nSPS) is 9.48. The molecule has 7 nitrogen and oxygen atoms in total. The van der Waals surface area contributed by atoms with Crippen LogP contribution in [0.25, 0.3) is 0 Å². The van der Waals surface area contributed by atoms with Gasteiger partial charge in [-0.25, -0.2) is 9.78 Å². The first-order valence-corrected chi connectivity index (χ1v) is 6.97. The van der Waals surface area contributed by atoms with Crippen molar-refractivity contribution in [1.29, 1.82) is 0 Å². The molecule has 112 valence electrons. The molecule has 2 rings (SSSR count). The third-order valence-electron chi connectivity index (χ3n) is 2.22. The third-order valence-corrected chi connectivity index (χ3v) is 3.13. The molecule has 1 aromatic heterocycles. The number of ether oxygens (including phenoxy) is 1. The summed E-state index contributed by atoms with van der Waals surface area (Å²) in [7, 11) is 1.28. The Morgan fingerprint density at radius 3 is 2.48 bits per heavy atom. The van der Waals surface area contributed by atoms with Crippen LogP contribution in [0, 0.1) is 10.1 Å². The van der Waals surface area contributed by atoms with Crippen LogP contribution >= 0.6 is 11.8 Å². The Kier molecular flexibility index (Phi) is 6.41.